The minimum absolute atomic E-state index is 0.0835. The standard InChI is InChI=1S/C18H17N3O2S/c1-12(13-7-9-15(10-8-13)18(22)20-23)21-24-16-6-2-4-14-5-3-11-19-17(14)16/h2-12,21,23H,1H3,(H,20,22). The van der Waals surface area contributed by atoms with Crippen molar-refractivity contribution < 1.29 is 10.0 Å². The molecule has 1 atom stereocenters. The summed E-state index contributed by atoms with van der Waals surface area (Å²) in [6.07, 6.45) is 1.79. The third-order valence-corrected chi connectivity index (χ3v) is 4.74. The van der Waals surface area contributed by atoms with Crippen LogP contribution >= 0.6 is 11.9 Å². The molecule has 0 aliphatic heterocycles. The lowest BCUT2D eigenvalue weighted by Gasteiger charge is -2.14. The lowest BCUT2D eigenvalue weighted by atomic mass is 10.1. The maximum atomic E-state index is 11.3. The number of carbonyl (C=O) groups excluding carboxylic acids is 1. The number of rotatable bonds is 5. The fraction of sp³-hybridized carbons (Fsp3) is 0.111. The minimum atomic E-state index is -0.515. The molecule has 0 saturated heterocycles. The minimum Gasteiger partial charge on any atom is -0.288 e. The smallest absolute Gasteiger partial charge is 0.274 e. The molecule has 1 heterocycles. The van der Waals surface area contributed by atoms with Crippen LogP contribution in [0.25, 0.3) is 10.9 Å². The zero-order chi connectivity index (χ0) is 16.9. The zero-order valence-electron chi connectivity index (χ0n) is 13.1. The first-order chi connectivity index (χ1) is 11.7. The first-order valence-electron chi connectivity index (χ1n) is 7.49. The summed E-state index contributed by atoms with van der Waals surface area (Å²) in [6.45, 7) is 2.05. The zero-order valence-corrected chi connectivity index (χ0v) is 13.9. The molecule has 2 aromatic carbocycles. The van der Waals surface area contributed by atoms with Gasteiger partial charge in [-0.15, -0.1) is 0 Å². The number of nitrogens with one attached hydrogen (secondary N) is 2. The number of hydroxylamine groups is 1. The molecule has 3 N–H and O–H groups in total. The summed E-state index contributed by atoms with van der Waals surface area (Å²) in [5.74, 6) is -0.515. The highest BCUT2D eigenvalue weighted by atomic mass is 32.2. The summed E-state index contributed by atoms with van der Waals surface area (Å²) in [6, 6.07) is 17.2. The third kappa shape index (κ3) is 3.56. The van der Waals surface area contributed by atoms with Gasteiger partial charge >= 0.3 is 0 Å². The first-order valence-corrected chi connectivity index (χ1v) is 8.31. The third-order valence-electron chi connectivity index (χ3n) is 3.72. The van der Waals surface area contributed by atoms with Crippen LogP contribution in [0.15, 0.2) is 65.7 Å². The van der Waals surface area contributed by atoms with Crippen molar-refractivity contribution in [2.45, 2.75) is 17.9 Å². The van der Waals surface area contributed by atoms with Crippen molar-refractivity contribution in [2.75, 3.05) is 0 Å². The van der Waals surface area contributed by atoms with Crippen LogP contribution < -0.4 is 10.2 Å². The lowest BCUT2D eigenvalue weighted by Crippen LogP contribution is -2.18. The van der Waals surface area contributed by atoms with Crippen molar-refractivity contribution >= 4 is 28.8 Å². The van der Waals surface area contributed by atoms with E-state index >= 15 is 0 Å². The van der Waals surface area contributed by atoms with E-state index in [2.05, 4.69) is 9.71 Å². The van der Waals surface area contributed by atoms with Gasteiger partial charge in [0.1, 0.15) is 0 Å². The van der Waals surface area contributed by atoms with Crippen molar-refractivity contribution in [3.63, 3.8) is 0 Å². The van der Waals surface area contributed by atoms with E-state index in [9.17, 15) is 4.79 Å². The van der Waals surface area contributed by atoms with E-state index in [1.807, 2.05) is 49.4 Å². The Balaban J connectivity index is 1.70. The van der Waals surface area contributed by atoms with Crippen molar-refractivity contribution in [3.05, 3.63) is 71.9 Å². The van der Waals surface area contributed by atoms with E-state index in [4.69, 9.17) is 5.21 Å². The van der Waals surface area contributed by atoms with Crippen LogP contribution in [0.4, 0.5) is 0 Å². The molecule has 0 spiro atoms. The summed E-state index contributed by atoms with van der Waals surface area (Å²) >= 11 is 1.54. The van der Waals surface area contributed by atoms with Gasteiger partial charge in [0.2, 0.25) is 0 Å². The number of hydrogen-bond donors (Lipinski definition) is 3. The molecule has 122 valence electrons. The second kappa shape index (κ2) is 7.44. The van der Waals surface area contributed by atoms with Gasteiger partial charge in [-0.2, -0.15) is 0 Å². The molecule has 3 aromatic rings. The maximum Gasteiger partial charge on any atom is 0.274 e. The average molecular weight is 339 g/mol. The van der Waals surface area contributed by atoms with Gasteiger partial charge in [0, 0.05) is 28.1 Å². The Morgan fingerprint density at radius 1 is 1.12 bits per heavy atom. The Hall–Kier alpha value is -2.41. The molecule has 3 rings (SSSR count). The number of hydrogen-bond acceptors (Lipinski definition) is 5. The van der Waals surface area contributed by atoms with Crippen molar-refractivity contribution in [3.8, 4) is 0 Å². The first kappa shape index (κ1) is 16.4. The molecule has 1 unspecified atom stereocenters. The predicted molar refractivity (Wildman–Crippen MR) is 94.8 cm³/mol. The van der Waals surface area contributed by atoms with Gasteiger partial charge in [-0.1, -0.05) is 30.3 Å². The van der Waals surface area contributed by atoms with Crippen LogP contribution in [-0.2, 0) is 0 Å². The predicted octanol–water partition coefficient (Wildman–Crippen LogP) is 3.71. The number of aromatic nitrogens is 1. The van der Waals surface area contributed by atoms with Crippen LogP contribution in [0.2, 0.25) is 0 Å². The highest BCUT2D eigenvalue weighted by molar-refractivity contribution is 7.97. The van der Waals surface area contributed by atoms with E-state index in [1.165, 1.54) is 11.9 Å². The molecule has 1 aromatic heterocycles. The fourth-order valence-corrected chi connectivity index (χ4v) is 3.22. The number of benzene rings is 2. The number of carbonyl (C=O) groups is 1. The lowest BCUT2D eigenvalue weighted by molar-refractivity contribution is 0.0706. The highest BCUT2D eigenvalue weighted by Gasteiger charge is 2.09. The molecule has 1 amide bonds. The van der Waals surface area contributed by atoms with Crippen LogP contribution in [0.3, 0.4) is 0 Å². The molecule has 0 aliphatic carbocycles. The number of amides is 1. The Morgan fingerprint density at radius 3 is 2.62 bits per heavy atom. The molecule has 24 heavy (non-hydrogen) atoms. The molecule has 0 fully saturated rings. The van der Waals surface area contributed by atoms with Gasteiger partial charge in [0.25, 0.3) is 5.91 Å². The topological polar surface area (TPSA) is 74.2 Å². The Morgan fingerprint density at radius 2 is 1.88 bits per heavy atom. The average Bonchev–Trinajstić information content (AvgIpc) is 2.65. The van der Waals surface area contributed by atoms with Crippen LogP contribution in [0.5, 0.6) is 0 Å². The van der Waals surface area contributed by atoms with Crippen molar-refractivity contribution in [1.82, 2.24) is 15.2 Å². The van der Waals surface area contributed by atoms with E-state index < -0.39 is 5.91 Å². The highest BCUT2D eigenvalue weighted by Crippen LogP contribution is 2.26. The number of nitrogens with zero attached hydrogens (tertiary/aromatic N) is 1. The largest absolute Gasteiger partial charge is 0.288 e. The number of fused-ring (bicyclic) bond motifs is 1. The molecule has 0 aliphatic rings. The van der Waals surface area contributed by atoms with E-state index in [0.717, 1.165) is 21.4 Å². The van der Waals surface area contributed by atoms with E-state index in [-0.39, 0.29) is 6.04 Å². The van der Waals surface area contributed by atoms with Gasteiger partial charge < -0.3 is 0 Å². The van der Waals surface area contributed by atoms with Crippen LogP contribution in [0, 0.1) is 0 Å². The summed E-state index contributed by atoms with van der Waals surface area (Å²) in [4.78, 5) is 16.9. The molecule has 0 bridgehead atoms. The summed E-state index contributed by atoms with van der Waals surface area (Å²) in [7, 11) is 0. The number of para-hydroxylation sites is 1. The molecular weight excluding hydrogens is 322 g/mol. The number of pyridine rings is 1. The van der Waals surface area contributed by atoms with E-state index in [0.29, 0.717) is 5.56 Å². The monoisotopic (exact) mass is 339 g/mol. The summed E-state index contributed by atoms with van der Waals surface area (Å²) in [5, 5.41) is 9.75. The van der Waals surface area contributed by atoms with Gasteiger partial charge in [-0.3, -0.25) is 19.7 Å². The Labute approximate surface area is 144 Å². The quantitative estimate of drug-likeness (QED) is 0.375. The SMILES string of the molecule is CC(NSc1cccc2cccnc12)c1ccc(C(=O)NO)cc1. The van der Waals surface area contributed by atoms with Gasteiger partial charge in [0.05, 0.1) is 5.52 Å². The molecule has 0 saturated carbocycles. The second-order valence-corrected chi connectivity index (χ2v) is 6.22. The Bertz CT molecular complexity index is 847. The van der Waals surface area contributed by atoms with Gasteiger partial charge in [-0.05, 0) is 48.7 Å². The Kier molecular flexibility index (Phi) is 5.10. The molecule has 0 radical (unpaired) electrons. The molecule has 5 nitrogen and oxygen atoms in total. The molecular formula is C18H17N3O2S. The molecule has 6 heteroatoms. The van der Waals surface area contributed by atoms with Crippen LogP contribution in [-0.4, -0.2) is 16.1 Å². The van der Waals surface area contributed by atoms with Gasteiger partial charge in [-0.25, -0.2) is 5.48 Å². The normalized spacial score (nSPS) is 12.1. The van der Waals surface area contributed by atoms with Crippen molar-refractivity contribution in [2.24, 2.45) is 0 Å². The van der Waals surface area contributed by atoms with Crippen LogP contribution in [0.1, 0.15) is 28.9 Å². The van der Waals surface area contributed by atoms with E-state index in [1.54, 1.807) is 23.8 Å². The van der Waals surface area contributed by atoms with Crippen molar-refractivity contribution in [1.29, 1.82) is 0 Å². The van der Waals surface area contributed by atoms with Gasteiger partial charge in [0.15, 0.2) is 0 Å². The second-order valence-electron chi connectivity index (χ2n) is 5.34. The summed E-state index contributed by atoms with van der Waals surface area (Å²) < 4.78 is 3.40. The summed E-state index contributed by atoms with van der Waals surface area (Å²) in [5.41, 5.74) is 4.06. The maximum absolute atomic E-state index is 11.3. The fourth-order valence-electron chi connectivity index (χ4n) is 2.37.